The van der Waals surface area contributed by atoms with Crippen molar-refractivity contribution in [1.29, 1.82) is 0 Å². The van der Waals surface area contributed by atoms with Gasteiger partial charge in [0, 0.05) is 42.3 Å². The van der Waals surface area contributed by atoms with Crippen LogP contribution in [0.4, 0.5) is 11.4 Å². The minimum atomic E-state index is -0.243. The van der Waals surface area contributed by atoms with Crippen LogP contribution in [-0.4, -0.2) is 24.2 Å². The van der Waals surface area contributed by atoms with E-state index in [2.05, 4.69) is 44.4 Å². The summed E-state index contributed by atoms with van der Waals surface area (Å²) in [4.78, 5) is 8.74. The van der Waals surface area contributed by atoms with Crippen molar-refractivity contribution in [2.24, 2.45) is 0 Å². The van der Waals surface area contributed by atoms with Gasteiger partial charge in [0.2, 0.25) is 0 Å². The third kappa shape index (κ3) is 4.25. The first-order chi connectivity index (χ1) is 16.4. The maximum absolute atomic E-state index is 6.44. The fourth-order valence-corrected chi connectivity index (χ4v) is 5.03. The molecule has 2 aromatic carbocycles. The van der Waals surface area contributed by atoms with Gasteiger partial charge in [-0.1, -0.05) is 29.3 Å². The number of furan rings is 1. The van der Waals surface area contributed by atoms with Gasteiger partial charge in [0.25, 0.3) is 0 Å². The fraction of sp³-hybridized carbons (Fsp3) is 0.154. The monoisotopic (exact) mass is 508 g/mol. The molecule has 0 aliphatic carbocycles. The number of aromatic nitrogens is 1. The van der Waals surface area contributed by atoms with Crippen molar-refractivity contribution in [3.63, 3.8) is 0 Å². The number of hydrogen-bond donors (Lipinski definition) is 1. The van der Waals surface area contributed by atoms with Gasteiger partial charge in [-0.15, -0.1) is 0 Å². The summed E-state index contributed by atoms with van der Waals surface area (Å²) >= 11 is 18.3. The SMILES string of the molecule is CN(C)c1ccc(N2C(=S)N[C@@H](c3ccccn3)[C@H]2c2ccc(-c3ccc(Cl)cc3Cl)o2)cc1. The Kier molecular flexibility index (Phi) is 6.21. The highest BCUT2D eigenvalue weighted by Gasteiger charge is 2.42. The van der Waals surface area contributed by atoms with Crippen molar-refractivity contribution in [3.8, 4) is 11.3 Å². The zero-order valence-corrected chi connectivity index (χ0v) is 20.9. The minimum Gasteiger partial charge on any atom is -0.459 e. The number of hydrogen-bond acceptors (Lipinski definition) is 4. The number of benzene rings is 2. The zero-order valence-electron chi connectivity index (χ0n) is 18.6. The summed E-state index contributed by atoms with van der Waals surface area (Å²) in [5, 5.41) is 5.18. The van der Waals surface area contributed by atoms with Crippen molar-refractivity contribution in [3.05, 3.63) is 100 Å². The van der Waals surface area contributed by atoms with E-state index in [1.807, 2.05) is 50.5 Å². The molecule has 34 heavy (non-hydrogen) atoms. The molecule has 1 saturated heterocycles. The molecule has 0 unspecified atom stereocenters. The van der Waals surface area contributed by atoms with E-state index in [-0.39, 0.29) is 12.1 Å². The third-order valence-corrected chi connectivity index (χ3v) is 6.72. The molecular weight excluding hydrogens is 487 g/mol. The van der Waals surface area contributed by atoms with Crippen molar-refractivity contribution < 1.29 is 4.42 Å². The Morgan fingerprint density at radius 3 is 2.47 bits per heavy atom. The second-order valence-electron chi connectivity index (χ2n) is 8.23. The number of pyridine rings is 1. The quantitative estimate of drug-likeness (QED) is 0.296. The number of halogens is 2. The molecule has 0 bridgehead atoms. The fourth-order valence-electron chi connectivity index (χ4n) is 4.18. The largest absolute Gasteiger partial charge is 0.459 e. The molecule has 172 valence electrons. The summed E-state index contributed by atoms with van der Waals surface area (Å²) in [6.45, 7) is 0. The molecule has 0 spiro atoms. The van der Waals surface area contributed by atoms with Gasteiger partial charge in [0.15, 0.2) is 5.11 Å². The Bertz CT molecular complexity index is 1320. The summed E-state index contributed by atoms with van der Waals surface area (Å²) in [7, 11) is 4.03. The molecule has 0 saturated carbocycles. The molecule has 1 aliphatic rings. The van der Waals surface area contributed by atoms with Gasteiger partial charge >= 0.3 is 0 Å². The summed E-state index contributed by atoms with van der Waals surface area (Å²) in [6.07, 6.45) is 1.78. The summed E-state index contributed by atoms with van der Waals surface area (Å²) in [6, 6.07) is 23.0. The van der Waals surface area contributed by atoms with Gasteiger partial charge in [0.05, 0.1) is 16.8 Å². The van der Waals surface area contributed by atoms with Crippen molar-refractivity contribution in [1.82, 2.24) is 10.3 Å². The molecule has 1 N–H and O–H groups in total. The highest BCUT2D eigenvalue weighted by Crippen LogP contribution is 2.43. The van der Waals surface area contributed by atoms with E-state index in [1.54, 1.807) is 18.3 Å². The normalized spacial score (nSPS) is 17.6. The van der Waals surface area contributed by atoms with Crippen LogP contribution >= 0.6 is 35.4 Å². The van der Waals surface area contributed by atoms with E-state index in [0.717, 1.165) is 28.4 Å². The van der Waals surface area contributed by atoms with Crippen LogP contribution in [0.15, 0.2) is 83.4 Å². The second kappa shape index (κ2) is 9.29. The summed E-state index contributed by atoms with van der Waals surface area (Å²) < 4.78 is 6.38. The van der Waals surface area contributed by atoms with Crippen LogP contribution in [0.25, 0.3) is 11.3 Å². The second-order valence-corrected chi connectivity index (χ2v) is 9.46. The van der Waals surface area contributed by atoms with Gasteiger partial charge in [0.1, 0.15) is 17.6 Å². The van der Waals surface area contributed by atoms with Crippen molar-refractivity contribution in [2.45, 2.75) is 12.1 Å². The van der Waals surface area contributed by atoms with Gasteiger partial charge in [-0.3, -0.25) is 4.98 Å². The molecule has 8 heteroatoms. The molecular formula is C26H22Cl2N4OS. The van der Waals surface area contributed by atoms with E-state index >= 15 is 0 Å². The maximum Gasteiger partial charge on any atom is 0.174 e. The van der Waals surface area contributed by atoms with E-state index in [1.165, 1.54) is 0 Å². The lowest BCUT2D eigenvalue weighted by Gasteiger charge is -2.26. The van der Waals surface area contributed by atoms with Gasteiger partial charge in [-0.05, 0) is 78.9 Å². The van der Waals surface area contributed by atoms with Crippen LogP contribution in [-0.2, 0) is 0 Å². The topological polar surface area (TPSA) is 44.5 Å². The van der Waals surface area contributed by atoms with Crippen LogP contribution in [0.1, 0.15) is 23.5 Å². The lowest BCUT2D eigenvalue weighted by molar-refractivity contribution is 0.439. The van der Waals surface area contributed by atoms with Crippen LogP contribution in [0.3, 0.4) is 0 Å². The highest BCUT2D eigenvalue weighted by atomic mass is 35.5. The zero-order chi connectivity index (χ0) is 23.8. The number of thiocarbonyl (C=S) groups is 1. The van der Waals surface area contributed by atoms with Crippen LogP contribution < -0.4 is 15.1 Å². The number of nitrogens with zero attached hydrogens (tertiary/aromatic N) is 3. The molecule has 0 amide bonds. The van der Waals surface area contributed by atoms with E-state index in [0.29, 0.717) is 20.9 Å². The molecule has 1 fully saturated rings. The number of rotatable bonds is 5. The van der Waals surface area contributed by atoms with Gasteiger partial charge in [-0.2, -0.15) is 0 Å². The average molecular weight is 509 g/mol. The van der Waals surface area contributed by atoms with E-state index < -0.39 is 0 Å². The molecule has 2 aromatic heterocycles. The Balaban J connectivity index is 1.58. The van der Waals surface area contributed by atoms with Crippen LogP contribution in [0, 0.1) is 0 Å². The number of nitrogens with one attached hydrogen (secondary N) is 1. The van der Waals surface area contributed by atoms with Crippen LogP contribution in [0.2, 0.25) is 10.0 Å². The van der Waals surface area contributed by atoms with Gasteiger partial charge < -0.3 is 19.5 Å². The Labute approximate surface area is 213 Å². The maximum atomic E-state index is 6.44. The first kappa shape index (κ1) is 22.7. The van der Waals surface area contributed by atoms with Crippen LogP contribution in [0.5, 0.6) is 0 Å². The molecule has 5 nitrogen and oxygen atoms in total. The van der Waals surface area contributed by atoms with Crippen molar-refractivity contribution in [2.75, 3.05) is 23.9 Å². The molecule has 0 radical (unpaired) electrons. The Morgan fingerprint density at radius 2 is 1.79 bits per heavy atom. The lowest BCUT2D eigenvalue weighted by atomic mass is 10.0. The first-order valence-electron chi connectivity index (χ1n) is 10.8. The lowest BCUT2D eigenvalue weighted by Crippen LogP contribution is -2.29. The highest BCUT2D eigenvalue weighted by molar-refractivity contribution is 7.80. The minimum absolute atomic E-state index is 0.193. The molecule has 3 heterocycles. The van der Waals surface area contributed by atoms with Gasteiger partial charge in [-0.25, -0.2) is 0 Å². The van der Waals surface area contributed by atoms with Crippen molar-refractivity contribution >= 4 is 51.9 Å². The van der Waals surface area contributed by atoms with E-state index in [4.69, 9.17) is 39.8 Å². The molecule has 2 atom stereocenters. The first-order valence-corrected chi connectivity index (χ1v) is 11.9. The third-order valence-electron chi connectivity index (χ3n) is 5.86. The standard InChI is InChI=1S/C26H22Cl2N4OS/c1-31(2)17-7-9-18(10-8-17)32-25(24(30-26(32)34)21-5-3-4-14-29-21)23-13-12-22(33-23)19-11-6-16(27)15-20(19)28/h3-15,24-25H,1-2H3,(H,30,34)/t24-,25+/m0/s1. The van der Waals surface area contributed by atoms with E-state index in [9.17, 15) is 0 Å². The smallest absolute Gasteiger partial charge is 0.174 e. The molecule has 4 aromatic rings. The summed E-state index contributed by atoms with van der Waals surface area (Å²) in [5.74, 6) is 1.41. The Hall–Kier alpha value is -3.06. The summed E-state index contributed by atoms with van der Waals surface area (Å²) in [5.41, 5.74) is 3.73. The number of anilines is 2. The molecule has 1 aliphatic heterocycles. The predicted molar refractivity (Wildman–Crippen MR) is 143 cm³/mol. The molecule has 5 rings (SSSR count). The predicted octanol–water partition coefficient (Wildman–Crippen LogP) is 6.89. The Morgan fingerprint density at radius 1 is 1.00 bits per heavy atom. The average Bonchev–Trinajstić information content (AvgIpc) is 3.44.